The zero-order valence-electron chi connectivity index (χ0n) is 12.5. The third-order valence-corrected chi connectivity index (χ3v) is 4.17. The molecule has 1 aromatic rings. The molecule has 3 nitrogen and oxygen atoms in total. The van der Waals surface area contributed by atoms with Crippen LogP contribution in [0.4, 0.5) is 0 Å². The van der Waals surface area contributed by atoms with Crippen molar-refractivity contribution < 1.29 is 0 Å². The largest absolute Gasteiger partial charge is 0.312 e. The van der Waals surface area contributed by atoms with Crippen LogP contribution < -0.4 is 5.32 Å². The summed E-state index contributed by atoms with van der Waals surface area (Å²) < 4.78 is 0. The van der Waals surface area contributed by atoms with Crippen LogP contribution >= 0.6 is 0 Å². The average molecular weight is 261 g/mol. The second-order valence-corrected chi connectivity index (χ2v) is 5.92. The Labute approximate surface area is 117 Å². The van der Waals surface area contributed by atoms with Crippen LogP contribution in [0.5, 0.6) is 0 Å². The number of pyridine rings is 1. The van der Waals surface area contributed by atoms with E-state index in [1.807, 2.05) is 0 Å². The first kappa shape index (κ1) is 14.5. The van der Waals surface area contributed by atoms with Crippen LogP contribution in [0, 0.1) is 6.92 Å². The van der Waals surface area contributed by atoms with E-state index in [2.05, 4.69) is 54.3 Å². The molecule has 1 atom stereocenters. The van der Waals surface area contributed by atoms with Crippen molar-refractivity contribution in [1.82, 2.24) is 15.2 Å². The number of hydrogen-bond acceptors (Lipinski definition) is 3. The molecule has 106 valence electrons. The van der Waals surface area contributed by atoms with Crippen LogP contribution in [0.25, 0.3) is 0 Å². The lowest BCUT2D eigenvalue weighted by molar-refractivity contribution is 0.234. The highest BCUT2D eigenvalue weighted by Crippen LogP contribution is 2.17. The summed E-state index contributed by atoms with van der Waals surface area (Å²) in [7, 11) is 2.19. The van der Waals surface area contributed by atoms with Gasteiger partial charge in [0.2, 0.25) is 0 Å². The monoisotopic (exact) mass is 261 g/mol. The Morgan fingerprint density at radius 2 is 2.11 bits per heavy atom. The molecule has 0 saturated heterocycles. The zero-order valence-corrected chi connectivity index (χ0v) is 12.5. The van der Waals surface area contributed by atoms with Gasteiger partial charge in [-0.1, -0.05) is 18.9 Å². The van der Waals surface area contributed by atoms with E-state index >= 15 is 0 Å². The molecule has 0 spiro atoms. The van der Waals surface area contributed by atoms with Crippen molar-refractivity contribution in [1.29, 1.82) is 0 Å². The summed E-state index contributed by atoms with van der Waals surface area (Å²) in [5, 5.41) is 3.70. The maximum Gasteiger partial charge on any atom is 0.0547 e. The smallest absolute Gasteiger partial charge is 0.0547 e. The standard InChI is InChI=1S/C16H27N3/c1-13-7-6-10-16(18-13)12-19(3)14(2)11-17-15-8-4-5-9-15/h6-7,10,14-15,17H,4-5,8-9,11-12H2,1-3H3. The first-order chi connectivity index (χ1) is 9.15. The van der Waals surface area contributed by atoms with Gasteiger partial charge in [-0.25, -0.2) is 0 Å². The van der Waals surface area contributed by atoms with Crippen molar-refractivity contribution in [3.8, 4) is 0 Å². The molecule has 0 radical (unpaired) electrons. The summed E-state index contributed by atoms with van der Waals surface area (Å²) in [6.45, 7) is 6.34. The summed E-state index contributed by atoms with van der Waals surface area (Å²) >= 11 is 0. The number of aryl methyl sites for hydroxylation is 1. The Kier molecular flexibility index (Phi) is 5.34. The summed E-state index contributed by atoms with van der Waals surface area (Å²) in [6, 6.07) is 7.55. The minimum Gasteiger partial charge on any atom is -0.312 e. The Morgan fingerprint density at radius 1 is 1.37 bits per heavy atom. The van der Waals surface area contributed by atoms with Crippen molar-refractivity contribution in [2.75, 3.05) is 13.6 Å². The van der Waals surface area contributed by atoms with Gasteiger partial charge in [-0.05, 0) is 45.9 Å². The zero-order chi connectivity index (χ0) is 13.7. The van der Waals surface area contributed by atoms with Crippen molar-refractivity contribution >= 4 is 0 Å². The SMILES string of the molecule is Cc1cccc(CN(C)C(C)CNC2CCCC2)n1. The quantitative estimate of drug-likeness (QED) is 0.853. The van der Waals surface area contributed by atoms with Crippen LogP contribution in [0.1, 0.15) is 44.0 Å². The van der Waals surface area contributed by atoms with Gasteiger partial charge in [-0.3, -0.25) is 9.88 Å². The first-order valence-corrected chi connectivity index (χ1v) is 7.51. The fourth-order valence-corrected chi connectivity index (χ4v) is 2.72. The van der Waals surface area contributed by atoms with Crippen molar-refractivity contribution in [2.24, 2.45) is 0 Å². The van der Waals surface area contributed by atoms with Crippen LogP contribution in [0.15, 0.2) is 18.2 Å². The summed E-state index contributed by atoms with van der Waals surface area (Å²) in [5.41, 5.74) is 2.26. The fourth-order valence-electron chi connectivity index (χ4n) is 2.72. The summed E-state index contributed by atoms with van der Waals surface area (Å²) in [6.07, 6.45) is 5.51. The molecule has 1 aliphatic carbocycles. The number of nitrogens with one attached hydrogen (secondary N) is 1. The highest BCUT2D eigenvalue weighted by molar-refractivity contribution is 5.09. The van der Waals surface area contributed by atoms with Gasteiger partial charge in [0, 0.05) is 30.9 Å². The van der Waals surface area contributed by atoms with E-state index in [1.54, 1.807) is 0 Å². The minimum atomic E-state index is 0.544. The predicted octanol–water partition coefficient (Wildman–Crippen LogP) is 2.74. The maximum absolute atomic E-state index is 4.57. The molecular weight excluding hydrogens is 234 g/mol. The normalized spacial score (nSPS) is 18.1. The highest BCUT2D eigenvalue weighted by Gasteiger charge is 2.16. The van der Waals surface area contributed by atoms with E-state index in [9.17, 15) is 0 Å². The summed E-state index contributed by atoms with van der Waals surface area (Å²) in [5.74, 6) is 0. The van der Waals surface area contributed by atoms with Crippen LogP contribution in [0.2, 0.25) is 0 Å². The van der Waals surface area contributed by atoms with Crippen LogP contribution in [-0.2, 0) is 6.54 Å². The van der Waals surface area contributed by atoms with Gasteiger partial charge in [0.25, 0.3) is 0 Å². The molecule has 1 aromatic heterocycles. The Balaban J connectivity index is 1.76. The molecule has 0 bridgehead atoms. The molecule has 2 rings (SSSR count). The van der Waals surface area contributed by atoms with Crippen molar-refractivity contribution in [3.63, 3.8) is 0 Å². The van der Waals surface area contributed by atoms with E-state index in [0.717, 1.165) is 30.5 Å². The molecule has 3 heteroatoms. The van der Waals surface area contributed by atoms with Crippen molar-refractivity contribution in [2.45, 2.75) is 58.2 Å². The fraction of sp³-hybridized carbons (Fsp3) is 0.688. The van der Waals surface area contributed by atoms with Gasteiger partial charge in [0.1, 0.15) is 0 Å². The van der Waals surface area contributed by atoms with Crippen LogP contribution in [-0.4, -0.2) is 35.6 Å². The van der Waals surface area contributed by atoms with E-state index in [4.69, 9.17) is 0 Å². The van der Waals surface area contributed by atoms with Gasteiger partial charge in [-0.2, -0.15) is 0 Å². The lowest BCUT2D eigenvalue weighted by atomic mass is 10.2. The average Bonchev–Trinajstić information content (AvgIpc) is 2.89. The number of rotatable bonds is 6. The molecular formula is C16H27N3. The van der Waals surface area contributed by atoms with Gasteiger partial charge < -0.3 is 5.32 Å². The molecule has 0 aliphatic heterocycles. The molecule has 0 aromatic carbocycles. The number of likely N-dealkylation sites (N-methyl/N-ethyl adjacent to an activating group) is 1. The molecule has 1 unspecified atom stereocenters. The maximum atomic E-state index is 4.57. The molecule has 1 heterocycles. The van der Waals surface area contributed by atoms with Crippen LogP contribution in [0.3, 0.4) is 0 Å². The highest BCUT2D eigenvalue weighted by atomic mass is 15.2. The lowest BCUT2D eigenvalue weighted by Gasteiger charge is -2.26. The Bertz CT molecular complexity index is 385. The van der Waals surface area contributed by atoms with Gasteiger partial charge in [0.15, 0.2) is 0 Å². The predicted molar refractivity (Wildman–Crippen MR) is 80.2 cm³/mol. The first-order valence-electron chi connectivity index (χ1n) is 7.51. The third kappa shape index (κ3) is 4.59. The molecule has 19 heavy (non-hydrogen) atoms. The third-order valence-electron chi connectivity index (χ3n) is 4.17. The van der Waals surface area contributed by atoms with Crippen molar-refractivity contribution in [3.05, 3.63) is 29.6 Å². The molecule has 1 aliphatic rings. The van der Waals surface area contributed by atoms with Gasteiger partial charge >= 0.3 is 0 Å². The Morgan fingerprint density at radius 3 is 2.79 bits per heavy atom. The van der Waals surface area contributed by atoms with Gasteiger partial charge in [0.05, 0.1) is 5.69 Å². The topological polar surface area (TPSA) is 28.2 Å². The molecule has 1 fully saturated rings. The Hall–Kier alpha value is -0.930. The number of nitrogens with zero attached hydrogens (tertiary/aromatic N) is 2. The second kappa shape index (κ2) is 7.01. The second-order valence-electron chi connectivity index (χ2n) is 5.92. The number of aromatic nitrogens is 1. The van der Waals surface area contributed by atoms with Gasteiger partial charge in [-0.15, -0.1) is 0 Å². The summed E-state index contributed by atoms with van der Waals surface area (Å²) in [4.78, 5) is 6.95. The van der Waals surface area contributed by atoms with E-state index in [1.165, 1.54) is 25.7 Å². The molecule has 1 N–H and O–H groups in total. The number of hydrogen-bond donors (Lipinski definition) is 1. The molecule has 1 saturated carbocycles. The van der Waals surface area contributed by atoms with E-state index < -0.39 is 0 Å². The minimum absolute atomic E-state index is 0.544. The van der Waals surface area contributed by atoms with E-state index in [0.29, 0.717) is 6.04 Å². The molecule has 0 amide bonds. The lowest BCUT2D eigenvalue weighted by Crippen LogP contribution is -2.40. The van der Waals surface area contributed by atoms with E-state index in [-0.39, 0.29) is 0 Å².